The molecule has 0 radical (unpaired) electrons. The lowest BCUT2D eigenvalue weighted by Crippen LogP contribution is -2.26. The molecule has 0 bridgehead atoms. The number of hydrogen-bond donors (Lipinski definition) is 1. The maximum absolute atomic E-state index is 13.0. The summed E-state index contributed by atoms with van der Waals surface area (Å²) in [4.78, 5) is 17.8. The number of carbonyl (C=O) groups is 1. The van der Waals surface area contributed by atoms with Crippen molar-refractivity contribution >= 4 is 16.9 Å². The first kappa shape index (κ1) is 21.6. The van der Waals surface area contributed by atoms with Crippen molar-refractivity contribution in [1.29, 1.82) is 0 Å². The molecule has 3 aromatic rings. The Morgan fingerprint density at radius 1 is 1.10 bits per heavy atom. The van der Waals surface area contributed by atoms with Gasteiger partial charge in [-0.1, -0.05) is 19.9 Å². The third-order valence-corrected chi connectivity index (χ3v) is 5.06. The van der Waals surface area contributed by atoms with Gasteiger partial charge in [0.1, 0.15) is 0 Å². The van der Waals surface area contributed by atoms with E-state index in [1.165, 1.54) is 0 Å². The minimum absolute atomic E-state index is 0.118. The lowest BCUT2D eigenvalue weighted by Gasteiger charge is -2.13. The van der Waals surface area contributed by atoms with Crippen LogP contribution in [-0.4, -0.2) is 41.4 Å². The molecule has 30 heavy (non-hydrogen) atoms. The summed E-state index contributed by atoms with van der Waals surface area (Å²) in [6.45, 7) is 8.76. The molecular weight excluding hydrogens is 380 g/mol. The predicted molar refractivity (Wildman–Crippen MR) is 118 cm³/mol. The van der Waals surface area contributed by atoms with Gasteiger partial charge >= 0.3 is 0 Å². The van der Waals surface area contributed by atoms with Crippen LogP contribution < -0.4 is 14.8 Å². The van der Waals surface area contributed by atoms with Crippen LogP contribution in [0.3, 0.4) is 0 Å². The van der Waals surface area contributed by atoms with Crippen molar-refractivity contribution < 1.29 is 14.3 Å². The molecular formula is C23H30N4O3. The van der Waals surface area contributed by atoms with Crippen molar-refractivity contribution in [3.05, 3.63) is 47.3 Å². The van der Waals surface area contributed by atoms with Crippen molar-refractivity contribution in [2.24, 2.45) is 0 Å². The van der Waals surface area contributed by atoms with E-state index < -0.39 is 0 Å². The lowest BCUT2D eigenvalue weighted by molar-refractivity contribution is 0.0955. The maximum atomic E-state index is 13.0. The van der Waals surface area contributed by atoms with Crippen LogP contribution >= 0.6 is 0 Å². The summed E-state index contributed by atoms with van der Waals surface area (Å²) < 4.78 is 12.5. The van der Waals surface area contributed by atoms with E-state index in [1.54, 1.807) is 20.4 Å². The zero-order valence-corrected chi connectivity index (χ0v) is 18.5. The largest absolute Gasteiger partial charge is 0.493 e. The number of rotatable bonds is 8. The molecule has 7 nitrogen and oxygen atoms in total. The Kier molecular flexibility index (Phi) is 6.59. The highest BCUT2D eigenvalue weighted by Gasteiger charge is 2.18. The van der Waals surface area contributed by atoms with E-state index in [0.29, 0.717) is 30.0 Å². The summed E-state index contributed by atoms with van der Waals surface area (Å²) in [6, 6.07) is 7.82. The van der Waals surface area contributed by atoms with Crippen LogP contribution in [0, 0.1) is 0 Å². The second-order valence-electron chi connectivity index (χ2n) is 7.86. The van der Waals surface area contributed by atoms with Gasteiger partial charge in [-0.15, -0.1) is 0 Å². The fraction of sp³-hybridized carbons (Fsp3) is 0.435. The summed E-state index contributed by atoms with van der Waals surface area (Å²) in [6.07, 6.45) is 2.41. The van der Waals surface area contributed by atoms with Crippen LogP contribution in [0.1, 0.15) is 61.3 Å². The van der Waals surface area contributed by atoms with Crippen LogP contribution in [-0.2, 0) is 6.42 Å². The van der Waals surface area contributed by atoms with Gasteiger partial charge in [-0.2, -0.15) is 5.10 Å². The summed E-state index contributed by atoms with van der Waals surface area (Å²) in [5.41, 5.74) is 3.31. The van der Waals surface area contributed by atoms with Gasteiger partial charge in [0.2, 0.25) is 0 Å². The van der Waals surface area contributed by atoms with E-state index in [4.69, 9.17) is 14.5 Å². The Labute approximate surface area is 177 Å². The van der Waals surface area contributed by atoms with E-state index in [9.17, 15) is 4.79 Å². The first-order valence-electron chi connectivity index (χ1n) is 10.2. The van der Waals surface area contributed by atoms with Crippen molar-refractivity contribution in [1.82, 2.24) is 20.1 Å². The van der Waals surface area contributed by atoms with E-state index >= 15 is 0 Å². The van der Waals surface area contributed by atoms with E-state index in [0.717, 1.165) is 22.3 Å². The van der Waals surface area contributed by atoms with Gasteiger partial charge in [-0.05, 0) is 49.9 Å². The Bertz CT molecular complexity index is 1040. The molecule has 0 aliphatic rings. The molecule has 0 saturated heterocycles. The average molecular weight is 411 g/mol. The topological polar surface area (TPSA) is 78.3 Å². The number of nitrogens with one attached hydrogen (secondary N) is 1. The Balaban J connectivity index is 1.80. The van der Waals surface area contributed by atoms with Crippen LogP contribution in [0.4, 0.5) is 0 Å². The van der Waals surface area contributed by atoms with Gasteiger partial charge in [0.05, 0.1) is 31.4 Å². The Hall–Kier alpha value is -3.09. The standard InChI is InChI=1S/C23H30N4O3/c1-14(2)19-12-17(18-13-25-27(15(3)4)22(18)26-19)23(28)24-10-9-16-7-8-20(29-5)21(11-16)30-6/h7-8,11-15H,9-10H2,1-6H3,(H,24,28). The monoisotopic (exact) mass is 410 g/mol. The second kappa shape index (κ2) is 9.15. The zero-order chi connectivity index (χ0) is 21.8. The first-order valence-corrected chi connectivity index (χ1v) is 10.2. The van der Waals surface area contributed by atoms with E-state index in [2.05, 4.69) is 38.1 Å². The van der Waals surface area contributed by atoms with Gasteiger partial charge in [0.25, 0.3) is 5.91 Å². The quantitative estimate of drug-likeness (QED) is 0.604. The molecule has 1 aromatic carbocycles. The first-order chi connectivity index (χ1) is 14.3. The summed E-state index contributed by atoms with van der Waals surface area (Å²) in [5.74, 6) is 1.46. The third-order valence-electron chi connectivity index (χ3n) is 5.06. The number of ether oxygens (including phenoxy) is 2. The highest BCUT2D eigenvalue weighted by atomic mass is 16.5. The molecule has 0 aliphatic heterocycles. The molecule has 1 N–H and O–H groups in total. The number of carbonyl (C=O) groups excluding carboxylic acids is 1. The maximum Gasteiger partial charge on any atom is 0.252 e. The smallest absolute Gasteiger partial charge is 0.252 e. The lowest BCUT2D eigenvalue weighted by atomic mass is 10.0. The van der Waals surface area contributed by atoms with Crippen molar-refractivity contribution in [2.75, 3.05) is 20.8 Å². The number of methoxy groups -OCH3 is 2. The summed E-state index contributed by atoms with van der Waals surface area (Å²) in [5, 5.41) is 8.26. The van der Waals surface area contributed by atoms with Crippen molar-refractivity contribution in [3.8, 4) is 11.5 Å². The highest BCUT2D eigenvalue weighted by molar-refractivity contribution is 6.05. The van der Waals surface area contributed by atoms with Crippen molar-refractivity contribution in [2.45, 2.75) is 46.1 Å². The normalized spacial score (nSPS) is 11.3. The molecule has 3 rings (SSSR count). The van der Waals surface area contributed by atoms with Crippen LogP contribution in [0.2, 0.25) is 0 Å². The predicted octanol–water partition coefficient (Wildman–Crippen LogP) is 4.13. The van der Waals surface area contributed by atoms with Gasteiger partial charge in [0.15, 0.2) is 17.1 Å². The van der Waals surface area contributed by atoms with Gasteiger partial charge in [0, 0.05) is 18.3 Å². The average Bonchev–Trinajstić information content (AvgIpc) is 3.17. The van der Waals surface area contributed by atoms with Crippen LogP contribution in [0.5, 0.6) is 11.5 Å². The number of benzene rings is 1. The highest BCUT2D eigenvalue weighted by Crippen LogP contribution is 2.28. The summed E-state index contributed by atoms with van der Waals surface area (Å²) in [7, 11) is 3.22. The Morgan fingerprint density at radius 2 is 1.83 bits per heavy atom. The Morgan fingerprint density at radius 3 is 2.47 bits per heavy atom. The molecule has 160 valence electrons. The number of pyridine rings is 1. The zero-order valence-electron chi connectivity index (χ0n) is 18.5. The van der Waals surface area contributed by atoms with Crippen LogP contribution in [0.25, 0.3) is 11.0 Å². The minimum atomic E-state index is -0.118. The molecule has 7 heteroatoms. The van der Waals surface area contributed by atoms with Crippen molar-refractivity contribution in [3.63, 3.8) is 0 Å². The molecule has 0 saturated carbocycles. The fourth-order valence-corrected chi connectivity index (χ4v) is 3.35. The molecule has 2 aromatic heterocycles. The number of amides is 1. The number of aromatic nitrogens is 3. The van der Waals surface area contributed by atoms with E-state index in [-0.39, 0.29) is 17.9 Å². The molecule has 0 spiro atoms. The van der Waals surface area contributed by atoms with E-state index in [1.807, 2.05) is 28.9 Å². The third kappa shape index (κ3) is 4.40. The fourth-order valence-electron chi connectivity index (χ4n) is 3.35. The molecule has 1 amide bonds. The molecule has 0 atom stereocenters. The number of nitrogens with zero attached hydrogens (tertiary/aromatic N) is 3. The molecule has 0 aliphatic carbocycles. The van der Waals surface area contributed by atoms with Gasteiger partial charge < -0.3 is 14.8 Å². The molecule has 0 unspecified atom stereocenters. The number of hydrogen-bond acceptors (Lipinski definition) is 5. The number of fused-ring (bicyclic) bond motifs is 1. The molecule has 0 fully saturated rings. The summed E-state index contributed by atoms with van der Waals surface area (Å²) >= 11 is 0. The minimum Gasteiger partial charge on any atom is -0.493 e. The van der Waals surface area contributed by atoms with Gasteiger partial charge in [-0.3, -0.25) is 4.79 Å². The molecule has 2 heterocycles. The van der Waals surface area contributed by atoms with Crippen LogP contribution in [0.15, 0.2) is 30.5 Å². The second-order valence-corrected chi connectivity index (χ2v) is 7.86. The SMILES string of the molecule is COc1ccc(CCNC(=O)c2cc(C(C)C)nc3c2cnn3C(C)C)cc1OC. The van der Waals surface area contributed by atoms with Gasteiger partial charge in [-0.25, -0.2) is 9.67 Å².